The molecule has 0 bridgehead atoms. The van der Waals surface area contributed by atoms with Crippen LogP contribution in [0.1, 0.15) is 19.7 Å². The number of nitrogens with zero attached hydrogens (tertiary/aromatic N) is 5. The van der Waals surface area contributed by atoms with Crippen LogP contribution in [0.5, 0.6) is 5.88 Å². The Morgan fingerprint density at radius 1 is 1.11 bits per heavy atom. The predicted octanol–water partition coefficient (Wildman–Crippen LogP) is 3.77. The molecule has 1 unspecified atom stereocenters. The molecule has 3 rings (SSSR count). The topological polar surface area (TPSA) is 65.2 Å². The summed E-state index contributed by atoms with van der Waals surface area (Å²) in [5.74, 6) is -6.03. The lowest BCUT2D eigenvalue weighted by Crippen LogP contribution is -2.31. The maximum atomic E-state index is 14.1. The van der Waals surface area contributed by atoms with E-state index in [1.807, 2.05) is 0 Å². The molecule has 0 N–H and O–H groups in total. The summed E-state index contributed by atoms with van der Waals surface area (Å²) >= 11 is 0. The van der Waals surface area contributed by atoms with Crippen LogP contribution in [-0.2, 0) is 5.92 Å². The highest BCUT2D eigenvalue weighted by Gasteiger charge is 2.38. The molecule has 3 aromatic rings. The molecular weight excluding hydrogens is 380 g/mol. The SMILES string of the molecule is CC(Oc1ncc(-c2ccc3nnc(C(C)(F)F)n3n2)cc1F)C(F)(F)F. The first kappa shape index (κ1) is 18.9. The number of halogens is 6. The fraction of sp³-hybridized carbons (Fsp3) is 0.333. The van der Waals surface area contributed by atoms with Crippen LogP contribution in [0.3, 0.4) is 0 Å². The Labute approximate surface area is 147 Å². The lowest BCUT2D eigenvalue weighted by Gasteiger charge is -2.17. The van der Waals surface area contributed by atoms with Crippen molar-refractivity contribution >= 4 is 5.65 Å². The summed E-state index contributed by atoms with van der Waals surface area (Å²) in [4.78, 5) is 3.52. The Hall–Kier alpha value is -2.92. The van der Waals surface area contributed by atoms with E-state index in [2.05, 4.69) is 25.0 Å². The van der Waals surface area contributed by atoms with Crippen molar-refractivity contribution in [2.45, 2.75) is 32.1 Å². The smallest absolute Gasteiger partial charge is 0.425 e. The lowest BCUT2D eigenvalue weighted by molar-refractivity contribution is -0.190. The number of aromatic nitrogens is 5. The monoisotopic (exact) mass is 391 g/mol. The maximum absolute atomic E-state index is 14.1. The quantitative estimate of drug-likeness (QED) is 0.634. The van der Waals surface area contributed by atoms with Crippen LogP contribution >= 0.6 is 0 Å². The highest BCUT2D eigenvalue weighted by Crippen LogP contribution is 2.28. The van der Waals surface area contributed by atoms with E-state index in [4.69, 9.17) is 0 Å². The molecular formula is C15H11F6N5O. The molecule has 144 valence electrons. The van der Waals surface area contributed by atoms with Gasteiger partial charge in [-0.15, -0.1) is 10.2 Å². The fourth-order valence-corrected chi connectivity index (χ4v) is 2.10. The van der Waals surface area contributed by atoms with Crippen LogP contribution in [-0.4, -0.2) is 37.1 Å². The highest BCUT2D eigenvalue weighted by molar-refractivity contribution is 5.59. The molecule has 0 aliphatic heterocycles. The molecule has 0 fully saturated rings. The summed E-state index contributed by atoms with van der Waals surface area (Å²) in [6.07, 6.45) is -5.93. The summed E-state index contributed by atoms with van der Waals surface area (Å²) in [5.41, 5.74) is 0.123. The van der Waals surface area contributed by atoms with E-state index in [0.717, 1.165) is 16.8 Å². The van der Waals surface area contributed by atoms with Crippen LogP contribution in [0.25, 0.3) is 16.9 Å². The second-order valence-electron chi connectivity index (χ2n) is 5.71. The second kappa shape index (κ2) is 6.35. The van der Waals surface area contributed by atoms with Gasteiger partial charge in [-0.1, -0.05) is 0 Å². The Kier molecular flexibility index (Phi) is 4.44. The summed E-state index contributed by atoms with van der Waals surface area (Å²) < 4.78 is 83.9. The third-order valence-corrected chi connectivity index (χ3v) is 3.51. The summed E-state index contributed by atoms with van der Waals surface area (Å²) in [7, 11) is 0. The van der Waals surface area contributed by atoms with Crippen molar-refractivity contribution in [1.29, 1.82) is 0 Å². The predicted molar refractivity (Wildman–Crippen MR) is 79.7 cm³/mol. The molecule has 0 saturated heterocycles. The summed E-state index contributed by atoms with van der Waals surface area (Å²) in [6, 6.07) is 3.53. The van der Waals surface area contributed by atoms with Crippen LogP contribution in [0, 0.1) is 5.82 Å². The van der Waals surface area contributed by atoms with Gasteiger partial charge in [0.1, 0.15) is 0 Å². The van der Waals surface area contributed by atoms with E-state index in [9.17, 15) is 26.3 Å². The molecule has 0 radical (unpaired) electrons. The van der Waals surface area contributed by atoms with Crippen molar-refractivity contribution in [2.75, 3.05) is 0 Å². The van der Waals surface area contributed by atoms with Crippen molar-refractivity contribution in [2.24, 2.45) is 0 Å². The molecule has 3 aromatic heterocycles. The van der Waals surface area contributed by atoms with Gasteiger partial charge >= 0.3 is 12.1 Å². The van der Waals surface area contributed by atoms with E-state index in [0.29, 0.717) is 13.8 Å². The van der Waals surface area contributed by atoms with Crippen molar-refractivity contribution < 1.29 is 31.1 Å². The maximum Gasteiger partial charge on any atom is 0.425 e. The molecule has 3 heterocycles. The van der Waals surface area contributed by atoms with E-state index < -0.39 is 35.7 Å². The Bertz CT molecular complexity index is 981. The zero-order valence-corrected chi connectivity index (χ0v) is 13.8. The average molecular weight is 391 g/mol. The highest BCUT2D eigenvalue weighted by atomic mass is 19.4. The number of pyridine rings is 1. The van der Waals surface area contributed by atoms with Gasteiger partial charge in [-0.25, -0.2) is 9.37 Å². The summed E-state index contributed by atoms with van der Waals surface area (Å²) in [5, 5.41) is 10.9. The van der Waals surface area contributed by atoms with Gasteiger partial charge in [0.05, 0.1) is 5.69 Å². The molecule has 0 aliphatic rings. The zero-order valence-electron chi connectivity index (χ0n) is 13.8. The molecule has 0 amide bonds. The number of hydrogen-bond donors (Lipinski definition) is 0. The first-order chi connectivity index (χ1) is 12.5. The van der Waals surface area contributed by atoms with E-state index in [-0.39, 0.29) is 16.9 Å². The van der Waals surface area contributed by atoms with Crippen molar-refractivity contribution in [3.8, 4) is 17.1 Å². The van der Waals surface area contributed by atoms with E-state index >= 15 is 0 Å². The Morgan fingerprint density at radius 3 is 2.41 bits per heavy atom. The molecule has 0 saturated carbocycles. The zero-order chi connectivity index (χ0) is 20.0. The molecule has 12 heteroatoms. The number of hydrogen-bond acceptors (Lipinski definition) is 5. The minimum Gasteiger partial charge on any atom is -0.463 e. The number of ether oxygens (including phenoxy) is 1. The van der Waals surface area contributed by atoms with Crippen LogP contribution in [0.2, 0.25) is 0 Å². The fourth-order valence-electron chi connectivity index (χ4n) is 2.10. The van der Waals surface area contributed by atoms with Crippen molar-refractivity contribution in [1.82, 2.24) is 24.8 Å². The normalized spacial score (nSPS) is 13.8. The van der Waals surface area contributed by atoms with Crippen molar-refractivity contribution in [3.05, 3.63) is 36.0 Å². The third kappa shape index (κ3) is 3.78. The first-order valence-electron chi connectivity index (χ1n) is 7.47. The van der Waals surface area contributed by atoms with Crippen molar-refractivity contribution in [3.63, 3.8) is 0 Å². The lowest BCUT2D eigenvalue weighted by atomic mass is 10.2. The number of fused-ring (bicyclic) bond motifs is 1. The van der Waals surface area contributed by atoms with Gasteiger partial charge < -0.3 is 4.74 Å². The van der Waals surface area contributed by atoms with Crippen LogP contribution in [0.4, 0.5) is 26.3 Å². The third-order valence-electron chi connectivity index (χ3n) is 3.51. The van der Waals surface area contributed by atoms with E-state index in [1.165, 1.54) is 12.1 Å². The molecule has 0 aromatic carbocycles. The van der Waals surface area contributed by atoms with Crippen LogP contribution in [0.15, 0.2) is 24.4 Å². The van der Waals surface area contributed by atoms with Gasteiger partial charge in [0.15, 0.2) is 17.6 Å². The second-order valence-corrected chi connectivity index (χ2v) is 5.71. The minimum atomic E-state index is -4.68. The van der Waals surface area contributed by atoms with Gasteiger partial charge in [-0.2, -0.15) is 31.6 Å². The largest absolute Gasteiger partial charge is 0.463 e. The van der Waals surface area contributed by atoms with Gasteiger partial charge in [0.2, 0.25) is 5.82 Å². The molecule has 0 aliphatic carbocycles. The molecule has 27 heavy (non-hydrogen) atoms. The average Bonchev–Trinajstić information content (AvgIpc) is 2.99. The van der Waals surface area contributed by atoms with Gasteiger partial charge in [-0.3, -0.25) is 0 Å². The van der Waals surface area contributed by atoms with Gasteiger partial charge in [0.25, 0.3) is 5.88 Å². The minimum absolute atomic E-state index is 0.0367. The molecule has 1 atom stereocenters. The molecule has 0 spiro atoms. The van der Waals surface area contributed by atoms with Gasteiger partial charge in [0, 0.05) is 18.7 Å². The molecule has 6 nitrogen and oxygen atoms in total. The van der Waals surface area contributed by atoms with E-state index in [1.54, 1.807) is 0 Å². The first-order valence-corrected chi connectivity index (χ1v) is 7.47. The van der Waals surface area contributed by atoms with Gasteiger partial charge in [-0.05, 0) is 25.1 Å². The number of rotatable bonds is 4. The Balaban J connectivity index is 1.96. The van der Waals surface area contributed by atoms with Crippen LogP contribution < -0.4 is 4.74 Å². The Morgan fingerprint density at radius 2 is 1.81 bits per heavy atom. The summed E-state index contributed by atoms with van der Waals surface area (Å²) in [6.45, 7) is 1.33. The standard InChI is InChI=1S/C15H11F6N5O/c1-7(15(19,20)21)27-12-9(16)5-8(6-22-12)10-3-4-11-23-24-13(14(2,17)18)26(11)25-10/h3-7H,1-2H3. The number of alkyl halides is 5.